The number of benzene rings is 2. The Labute approximate surface area is 158 Å². The Morgan fingerprint density at radius 2 is 2.00 bits per heavy atom. The quantitative estimate of drug-likeness (QED) is 0.468. The van der Waals surface area contributed by atoms with E-state index in [0.29, 0.717) is 20.7 Å². The molecule has 0 radical (unpaired) electrons. The molecule has 0 amide bonds. The highest BCUT2D eigenvalue weighted by Gasteiger charge is 2.13. The minimum Gasteiger partial charge on any atom is -0.493 e. The van der Waals surface area contributed by atoms with Crippen LogP contribution in [0.3, 0.4) is 0 Å². The molecule has 0 saturated heterocycles. The van der Waals surface area contributed by atoms with E-state index in [0.717, 1.165) is 8.96 Å². The number of hydrogen-bond donors (Lipinski definition) is 1. The van der Waals surface area contributed by atoms with Gasteiger partial charge in [0.1, 0.15) is 17.4 Å². The monoisotopic (exact) mass is 537 g/mol. The molecule has 0 atom stereocenters. The summed E-state index contributed by atoms with van der Waals surface area (Å²) in [6.45, 7) is 0. The summed E-state index contributed by atoms with van der Waals surface area (Å²) in [5, 5.41) is 12.9. The number of rotatable bonds is 1. The summed E-state index contributed by atoms with van der Waals surface area (Å²) in [6.07, 6.45) is 0. The van der Waals surface area contributed by atoms with Crippen LogP contribution in [0.2, 0.25) is 0 Å². The van der Waals surface area contributed by atoms with Gasteiger partial charge in [0.15, 0.2) is 11.6 Å². The Bertz CT molecular complexity index is 870. The van der Waals surface area contributed by atoms with E-state index in [4.69, 9.17) is 20.3 Å². The maximum atomic E-state index is 12.6. The molecule has 1 heterocycles. The van der Waals surface area contributed by atoms with E-state index in [1.165, 1.54) is 6.07 Å². The van der Waals surface area contributed by atoms with E-state index in [1.54, 1.807) is 25.3 Å². The minimum atomic E-state index is -0.450. The SMILES string of the molecule is COc1ccc(I)c2c(N)noc12.N#Cc1c(F)cccc1I. The zero-order valence-electron chi connectivity index (χ0n) is 11.8. The normalized spacial score (nSPS) is 9.87. The minimum absolute atomic E-state index is 0.128. The van der Waals surface area contributed by atoms with Crippen LogP contribution >= 0.6 is 45.2 Å². The summed E-state index contributed by atoms with van der Waals surface area (Å²) in [6, 6.07) is 10.1. The zero-order chi connectivity index (χ0) is 17.0. The molecule has 23 heavy (non-hydrogen) atoms. The van der Waals surface area contributed by atoms with E-state index in [-0.39, 0.29) is 5.56 Å². The molecule has 5 nitrogen and oxygen atoms in total. The van der Waals surface area contributed by atoms with Gasteiger partial charge in [0.05, 0.1) is 12.5 Å². The van der Waals surface area contributed by atoms with E-state index in [9.17, 15) is 4.39 Å². The number of halogens is 3. The summed E-state index contributed by atoms with van der Waals surface area (Å²) < 4.78 is 24.4. The first-order chi connectivity index (χ1) is 11.0. The maximum Gasteiger partial charge on any atom is 0.211 e. The lowest BCUT2D eigenvalue weighted by Crippen LogP contribution is -1.87. The molecule has 3 rings (SSSR count). The highest BCUT2D eigenvalue weighted by Crippen LogP contribution is 2.32. The predicted molar refractivity (Wildman–Crippen MR) is 102 cm³/mol. The number of nitrogen functional groups attached to an aromatic ring is 1. The van der Waals surface area contributed by atoms with Gasteiger partial charge in [0, 0.05) is 7.14 Å². The van der Waals surface area contributed by atoms with Gasteiger partial charge in [-0.1, -0.05) is 11.2 Å². The van der Waals surface area contributed by atoms with Crippen LogP contribution in [0.5, 0.6) is 5.75 Å². The predicted octanol–water partition coefficient (Wildman–Crippen LogP) is 4.33. The van der Waals surface area contributed by atoms with Crippen molar-refractivity contribution in [3.05, 3.63) is 48.9 Å². The molecule has 0 unspecified atom stereocenters. The van der Waals surface area contributed by atoms with Crippen LogP contribution in [0.15, 0.2) is 34.9 Å². The molecule has 118 valence electrons. The third-order valence-electron chi connectivity index (χ3n) is 2.86. The largest absolute Gasteiger partial charge is 0.493 e. The lowest BCUT2D eigenvalue weighted by Gasteiger charge is -1.99. The van der Waals surface area contributed by atoms with Crippen LogP contribution in [-0.4, -0.2) is 12.3 Å². The topological polar surface area (TPSA) is 85.1 Å². The fraction of sp³-hybridized carbons (Fsp3) is 0.0667. The van der Waals surface area contributed by atoms with Crippen LogP contribution < -0.4 is 10.5 Å². The standard InChI is InChI=1S/C8H7IN2O2.C7H3FIN/c1-12-5-3-2-4(9)6-7(5)13-11-8(6)10;8-6-2-1-3-7(9)5(6)4-10/h2-3H,1H3,(H2,10,11);1-3H. The van der Waals surface area contributed by atoms with Crippen molar-refractivity contribution in [1.82, 2.24) is 5.16 Å². The van der Waals surface area contributed by atoms with Crippen LogP contribution in [0.1, 0.15) is 5.56 Å². The lowest BCUT2D eigenvalue weighted by atomic mass is 10.2. The third-order valence-corrected chi connectivity index (χ3v) is 4.65. The van der Waals surface area contributed by atoms with E-state index < -0.39 is 5.82 Å². The molecule has 3 aromatic rings. The van der Waals surface area contributed by atoms with Gasteiger partial charge in [-0.3, -0.25) is 0 Å². The van der Waals surface area contributed by atoms with Crippen molar-refractivity contribution in [2.75, 3.05) is 12.8 Å². The molecule has 0 fully saturated rings. The van der Waals surface area contributed by atoms with Crippen molar-refractivity contribution in [1.29, 1.82) is 5.26 Å². The molecule has 0 aliphatic heterocycles. The Balaban J connectivity index is 0.000000174. The smallest absolute Gasteiger partial charge is 0.211 e. The number of ether oxygens (including phenoxy) is 1. The van der Waals surface area contributed by atoms with Crippen molar-refractivity contribution < 1.29 is 13.7 Å². The maximum absolute atomic E-state index is 12.6. The lowest BCUT2D eigenvalue weighted by molar-refractivity contribution is 0.394. The van der Waals surface area contributed by atoms with Gasteiger partial charge < -0.3 is 15.0 Å². The van der Waals surface area contributed by atoms with Gasteiger partial charge in [0.25, 0.3) is 0 Å². The first-order valence-electron chi connectivity index (χ1n) is 6.21. The van der Waals surface area contributed by atoms with Crippen molar-refractivity contribution >= 4 is 62.0 Å². The Kier molecular flexibility index (Phi) is 6.00. The van der Waals surface area contributed by atoms with Crippen molar-refractivity contribution in [2.45, 2.75) is 0 Å². The van der Waals surface area contributed by atoms with Crippen molar-refractivity contribution in [2.24, 2.45) is 0 Å². The van der Waals surface area contributed by atoms with E-state index in [2.05, 4.69) is 27.7 Å². The molecule has 0 aliphatic rings. The average molecular weight is 537 g/mol. The number of nitrogens with two attached hydrogens (primary N) is 1. The van der Waals surface area contributed by atoms with Crippen LogP contribution in [0.4, 0.5) is 10.2 Å². The summed E-state index contributed by atoms with van der Waals surface area (Å²) >= 11 is 4.10. The molecule has 0 spiro atoms. The highest BCUT2D eigenvalue weighted by molar-refractivity contribution is 14.1. The van der Waals surface area contributed by atoms with Crippen LogP contribution in [0, 0.1) is 24.3 Å². The second kappa shape index (κ2) is 7.78. The molecule has 0 aliphatic carbocycles. The second-order valence-corrected chi connectivity index (χ2v) is 6.55. The van der Waals surface area contributed by atoms with Crippen LogP contribution in [-0.2, 0) is 0 Å². The third kappa shape index (κ3) is 3.84. The first kappa shape index (κ1) is 17.7. The number of hydrogen-bond acceptors (Lipinski definition) is 5. The van der Waals surface area contributed by atoms with Gasteiger partial charge in [-0.2, -0.15) is 5.26 Å². The fourth-order valence-corrected chi connectivity index (χ4v) is 3.06. The number of fused-ring (bicyclic) bond motifs is 1. The van der Waals surface area contributed by atoms with Gasteiger partial charge in [-0.05, 0) is 69.4 Å². The number of methoxy groups -OCH3 is 1. The molecule has 2 aromatic carbocycles. The Morgan fingerprint density at radius 1 is 1.26 bits per heavy atom. The van der Waals surface area contributed by atoms with E-state index >= 15 is 0 Å². The van der Waals surface area contributed by atoms with Gasteiger partial charge in [-0.15, -0.1) is 0 Å². The molecular weight excluding hydrogens is 527 g/mol. The number of anilines is 1. The second-order valence-electron chi connectivity index (χ2n) is 4.23. The number of nitrogens with zero attached hydrogens (tertiary/aromatic N) is 2. The highest BCUT2D eigenvalue weighted by atomic mass is 127. The van der Waals surface area contributed by atoms with Crippen LogP contribution in [0.25, 0.3) is 11.0 Å². The average Bonchev–Trinajstić information content (AvgIpc) is 2.92. The van der Waals surface area contributed by atoms with Gasteiger partial charge in [0.2, 0.25) is 5.58 Å². The van der Waals surface area contributed by atoms with Crippen molar-refractivity contribution in [3.8, 4) is 11.8 Å². The van der Waals surface area contributed by atoms with Gasteiger partial charge in [-0.25, -0.2) is 4.39 Å². The Morgan fingerprint density at radius 3 is 2.57 bits per heavy atom. The van der Waals surface area contributed by atoms with Crippen molar-refractivity contribution in [3.63, 3.8) is 0 Å². The summed E-state index contributed by atoms with van der Waals surface area (Å²) in [4.78, 5) is 0. The molecule has 0 saturated carbocycles. The molecule has 8 heteroatoms. The zero-order valence-corrected chi connectivity index (χ0v) is 16.1. The summed E-state index contributed by atoms with van der Waals surface area (Å²) in [5.74, 6) is 0.604. The molecule has 0 bridgehead atoms. The summed E-state index contributed by atoms with van der Waals surface area (Å²) in [5.41, 5.74) is 6.37. The first-order valence-corrected chi connectivity index (χ1v) is 8.36. The number of aromatic nitrogens is 1. The summed E-state index contributed by atoms with van der Waals surface area (Å²) in [7, 11) is 1.58. The number of nitriles is 1. The van der Waals surface area contributed by atoms with Gasteiger partial charge >= 0.3 is 0 Å². The molecule has 2 N–H and O–H groups in total. The Hall–Kier alpha value is -1.61. The fourth-order valence-electron chi connectivity index (χ4n) is 1.77. The molecule has 1 aromatic heterocycles. The molecular formula is C15H10FI2N3O2. The van der Waals surface area contributed by atoms with E-state index in [1.807, 2.05) is 34.7 Å².